The van der Waals surface area contributed by atoms with Crippen LogP contribution >= 0.6 is 0 Å². The van der Waals surface area contributed by atoms with Crippen LogP contribution in [0.5, 0.6) is 5.75 Å². The molecule has 0 spiro atoms. The van der Waals surface area contributed by atoms with E-state index >= 15 is 0 Å². The Morgan fingerprint density at radius 1 is 1.45 bits per heavy atom. The summed E-state index contributed by atoms with van der Waals surface area (Å²) < 4.78 is 5.02. The molecule has 0 bridgehead atoms. The molecule has 1 saturated heterocycles. The van der Waals surface area contributed by atoms with Crippen molar-refractivity contribution in [1.29, 1.82) is 0 Å². The van der Waals surface area contributed by atoms with Gasteiger partial charge in [0.1, 0.15) is 5.75 Å². The number of carbonyl (C=O) groups is 3. The Morgan fingerprint density at radius 2 is 2.20 bits per heavy atom. The number of hydrogen-bond acceptors (Lipinski definition) is 5. The molecule has 104 valence electrons. The smallest absolute Gasteiger partial charge is 0.341 e. The lowest BCUT2D eigenvalue weighted by Crippen LogP contribution is -2.19. The van der Waals surface area contributed by atoms with Crippen molar-refractivity contribution in [2.24, 2.45) is 0 Å². The highest BCUT2D eigenvalue weighted by atomic mass is 16.5. The van der Waals surface area contributed by atoms with E-state index in [-0.39, 0.29) is 12.3 Å². The Hall–Kier alpha value is -2.83. The van der Waals surface area contributed by atoms with E-state index < -0.39 is 18.5 Å². The average Bonchev–Trinajstić information content (AvgIpc) is 2.68. The zero-order valence-electron chi connectivity index (χ0n) is 10.4. The van der Waals surface area contributed by atoms with E-state index in [2.05, 4.69) is 5.32 Å². The van der Waals surface area contributed by atoms with Gasteiger partial charge in [-0.15, -0.1) is 0 Å². The number of amides is 2. The van der Waals surface area contributed by atoms with Crippen molar-refractivity contribution in [2.75, 3.05) is 12.3 Å². The van der Waals surface area contributed by atoms with Crippen LogP contribution in [0.2, 0.25) is 0 Å². The molecule has 2 amide bonds. The Labute approximate surface area is 114 Å². The van der Waals surface area contributed by atoms with E-state index in [4.69, 9.17) is 15.6 Å². The molecule has 0 aliphatic carbocycles. The number of nitrogen functional groups attached to an aromatic ring is 1. The maximum Gasteiger partial charge on any atom is 0.341 e. The van der Waals surface area contributed by atoms with Gasteiger partial charge in [0.05, 0.1) is 6.42 Å². The molecule has 1 heterocycles. The number of carboxylic acids is 1. The summed E-state index contributed by atoms with van der Waals surface area (Å²) in [5, 5.41) is 10.7. The normalized spacial score (nSPS) is 16.3. The van der Waals surface area contributed by atoms with Gasteiger partial charge >= 0.3 is 5.97 Å². The monoisotopic (exact) mass is 276 g/mol. The maximum absolute atomic E-state index is 11.5. The van der Waals surface area contributed by atoms with Crippen molar-refractivity contribution in [2.45, 2.75) is 6.42 Å². The molecule has 1 aliphatic rings. The maximum atomic E-state index is 11.5. The summed E-state index contributed by atoms with van der Waals surface area (Å²) in [4.78, 5) is 33.0. The number of anilines is 1. The van der Waals surface area contributed by atoms with Crippen LogP contribution in [0, 0.1) is 0 Å². The third kappa shape index (κ3) is 3.14. The predicted octanol–water partition coefficient (Wildman–Crippen LogP) is 0.162. The number of hydrogen-bond donors (Lipinski definition) is 3. The van der Waals surface area contributed by atoms with Gasteiger partial charge in [-0.1, -0.05) is 0 Å². The number of carbonyl (C=O) groups excluding carboxylic acids is 2. The van der Waals surface area contributed by atoms with E-state index in [0.29, 0.717) is 22.6 Å². The molecule has 1 aliphatic heterocycles. The summed E-state index contributed by atoms with van der Waals surface area (Å²) in [5.41, 5.74) is 6.96. The minimum atomic E-state index is -1.09. The van der Waals surface area contributed by atoms with E-state index in [1.807, 2.05) is 0 Å². The Balaban J connectivity index is 2.25. The van der Waals surface area contributed by atoms with Gasteiger partial charge in [-0.3, -0.25) is 14.9 Å². The first kappa shape index (κ1) is 13.6. The lowest BCUT2D eigenvalue weighted by atomic mass is 10.1. The molecule has 7 nitrogen and oxygen atoms in total. The first-order valence-corrected chi connectivity index (χ1v) is 5.74. The van der Waals surface area contributed by atoms with E-state index in [1.54, 1.807) is 0 Å². The number of ether oxygens (including phenoxy) is 1. The van der Waals surface area contributed by atoms with Gasteiger partial charge < -0.3 is 15.6 Å². The van der Waals surface area contributed by atoms with Crippen LogP contribution in [0.3, 0.4) is 0 Å². The van der Waals surface area contributed by atoms with Crippen LogP contribution in [0.25, 0.3) is 6.08 Å². The highest BCUT2D eigenvalue weighted by molar-refractivity contribution is 6.15. The van der Waals surface area contributed by atoms with Gasteiger partial charge in [0, 0.05) is 16.8 Å². The van der Waals surface area contributed by atoms with Gasteiger partial charge in [-0.25, -0.2) is 4.79 Å². The fourth-order valence-corrected chi connectivity index (χ4v) is 1.72. The highest BCUT2D eigenvalue weighted by Crippen LogP contribution is 2.24. The molecular formula is C13H12N2O5. The minimum absolute atomic E-state index is 0.00150. The molecule has 7 heteroatoms. The molecule has 0 atom stereocenters. The number of nitrogens with one attached hydrogen (secondary N) is 1. The van der Waals surface area contributed by atoms with Gasteiger partial charge in [0.2, 0.25) is 5.91 Å². The van der Waals surface area contributed by atoms with Crippen LogP contribution in [0.1, 0.15) is 12.0 Å². The molecule has 1 aromatic rings. The van der Waals surface area contributed by atoms with Crippen molar-refractivity contribution < 1.29 is 24.2 Å². The summed E-state index contributed by atoms with van der Waals surface area (Å²) >= 11 is 0. The summed E-state index contributed by atoms with van der Waals surface area (Å²) in [7, 11) is 0. The number of nitrogens with two attached hydrogens (primary N) is 1. The molecular weight excluding hydrogens is 264 g/mol. The standard InChI is InChI=1S/C13H12N2O5/c14-10-2-1-9(20-6-12(17)18)4-7(10)3-8-5-11(16)15-13(8)19/h1-4H,5-6,14H2,(H,17,18)(H,15,16,19). The second-order valence-electron chi connectivity index (χ2n) is 4.20. The number of carboxylic acid groups (broad SMARTS) is 1. The summed E-state index contributed by atoms with van der Waals surface area (Å²) in [5.74, 6) is -1.59. The molecule has 20 heavy (non-hydrogen) atoms. The van der Waals surface area contributed by atoms with Gasteiger partial charge in [0.25, 0.3) is 5.91 Å². The van der Waals surface area contributed by atoms with Crippen LogP contribution in [-0.2, 0) is 14.4 Å². The van der Waals surface area contributed by atoms with Crippen molar-refractivity contribution in [1.82, 2.24) is 5.32 Å². The van der Waals surface area contributed by atoms with Gasteiger partial charge in [0.15, 0.2) is 6.61 Å². The number of imide groups is 1. The second kappa shape index (κ2) is 5.43. The SMILES string of the molecule is Nc1ccc(OCC(=O)O)cc1C=C1CC(=O)NC1=O. The third-order valence-electron chi connectivity index (χ3n) is 2.65. The lowest BCUT2D eigenvalue weighted by Gasteiger charge is -2.07. The van der Waals surface area contributed by atoms with Crippen molar-refractivity contribution in [3.63, 3.8) is 0 Å². The highest BCUT2D eigenvalue weighted by Gasteiger charge is 2.23. The van der Waals surface area contributed by atoms with Crippen LogP contribution < -0.4 is 15.8 Å². The Kier molecular flexibility index (Phi) is 3.69. The van der Waals surface area contributed by atoms with Crippen LogP contribution in [0.15, 0.2) is 23.8 Å². The topological polar surface area (TPSA) is 119 Å². The second-order valence-corrected chi connectivity index (χ2v) is 4.20. The quantitative estimate of drug-likeness (QED) is 0.409. The van der Waals surface area contributed by atoms with Crippen molar-refractivity contribution >= 4 is 29.5 Å². The fraction of sp³-hybridized carbons (Fsp3) is 0.154. The largest absolute Gasteiger partial charge is 0.482 e. The van der Waals surface area contributed by atoms with Crippen molar-refractivity contribution in [3.05, 3.63) is 29.3 Å². The molecule has 2 rings (SSSR count). The van der Waals surface area contributed by atoms with Gasteiger partial charge in [-0.05, 0) is 24.3 Å². The van der Waals surface area contributed by atoms with Crippen LogP contribution in [-0.4, -0.2) is 29.5 Å². The zero-order valence-corrected chi connectivity index (χ0v) is 10.4. The molecule has 0 unspecified atom stereocenters. The minimum Gasteiger partial charge on any atom is -0.482 e. The summed E-state index contributed by atoms with van der Waals surface area (Å²) in [6.07, 6.45) is 1.49. The third-order valence-corrected chi connectivity index (χ3v) is 2.65. The van der Waals surface area contributed by atoms with Gasteiger partial charge in [-0.2, -0.15) is 0 Å². The Bertz CT molecular complexity index is 621. The zero-order chi connectivity index (χ0) is 14.7. The molecule has 0 aromatic heterocycles. The molecule has 0 radical (unpaired) electrons. The van der Waals surface area contributed by atoms with Crippen molar-refractivity contribution in [3.8, 4) is 5.75 Å². The molecule has 1 aromatic carbocycles. The molecule has 4 N–H and O–H groups in total. The number of rotatable bonds is 4. The summed E-state index contributed by atoms with van der Waals surface area (Å²) in [6, 6.07) is 4.58. The first-order valence-electron chi connectivity index (χ1n) is 5.74. The van der Waals surface area contributed by atoms with E-state index in [9.17, 15) is 14.4 Å². The Morgan fingerprint density at radius 3 is 2.80 bits per heavy atom. The van der Waals surface area contributed by atoms with Crippen LogP contribution in [0.4, 0.5) is 5.69 Å². The van der Waals surface area contributed by atoms with E-state index in [0.717, 1.165) is 0 Å². The first-order chi connectivity index (χ1) is 9.45. The molecule has 0 saturated carbocycles. The number of benzene rings is 1. The molecule has 1 fully saturated rings. The fourth-order valence-electron chi connectivity index (χ4n) is 1.72. The predicted molar refractivity (Wildman–Crippen MR) is 69.7 cm³/mol. The summed E-state index contributed by atoms with van der Waals surface area (Å²) in [6.45, 7) is -0.473. The number of aliphatic carboxylic acids is 1. The van der Waals surface area contributed by atoms with E-state index in [1.165, 1.54) is 24.3 Å². The average molecular weight is 276 g/mol. The lowest BCUT2D eigenvalue weighted by molar-refractivity contribution is -0.139.